The van der Waals surface area contributed by atoms with Crippen molar-refractivity contribution in [2.45, 2.75) is 13.5 Å². The third-order valence-electron chi connectivity index (χ3n) is 2.39. The number of hydrogen-bond donors (Lipinski definition) is 1. The number of tetrazole rings is 1. The van der Waals surface area contributed by atoms with Gasteiger partial charge in [-0.25, -0.2) is 9.48 Å². The number of nitrogens with one attached hydrogen (secondary N) is 1. The van der Waals surface area contributed by atoms with E-state index in [9.17, 15) is 9.59 Å². The van der Waals surface area contributed by atoms with Crippen LogP contribution in [0.15, 0.2) is 24.3 Å². The minimum Gasteiger partial charge on any atom is -0.460 e. The summed E-state index contributed by atoms with van der Waals surface area (Å²) in [7, 11) is 0. The number of benzene rings is 1. The van der Waals surface area contributed by atoms with Crippen LogP contribution in [0.4, 0.5) is 5.69 Å². The van der Waals surface area contributed by atoms with Crippen LogP contribution in [0.3, 0.4) is 0 Å². The second-order valence-electron chi connectivity index (χ2n) is 3.94. The Balaban J connectivity index is 2.03. The normalized spacial score (nSPS) is 10.2. The van der Waals surface area contributed by atoms with Crippen molar-refractivity contribution in [1.29, 1.82) is 0 Å². The molecule has 0 bridgehead atoms. The lowest BCUT2D eigenvalue weighted by Gasteiger charge is -2.06. The van der Waals surface area contributed by atoms with E-state index in [1.165, 1.54) is 0 Å². The number of amides is 1. The van der Waals surface area contributed by atoms with Gasteiger partial charge in [0.1, 0.15) is 6.54 Å². The van der Waals surface area contributed by atoms with Crippen LogP contribution in [0.25, 0.3) is 0 Å². The highest BCUT2D eigenvalue weighted by Crippen LogP contribution is 2.14. The van der Waals surface area contributed by atoms with Crippen molar-refractivity contribution in [3.8, 4) is 0 Å². The van der Waals surface area contributed by atoms with Crippen molar-refractivity contribution < 1.29 is 14.3 Å². The number of nitrogens with zero attached hydrogens (tertiary/aromatic N) is 4. The molecule has 21 heavy (non-hydrogen) atoms. The Labute approximate surface area is 125 Å². The summed E-state index contributed by atoms with van der Waals surface area (Å²) in [6.45, 7) is 1.64. The van der Waals surface area contributed by atoms with E-state index < -0.39 is 11.9 Å². The van der Waals surface area contributed by atoms with Crippen LogP contribution in [0.1, 0.15) is 17.5 Å². The predicted octanol–water partition coefficient (Wildman–Crippen LogP) is 1.14. The Morgan fingerprint density at radius 3 is 2.95 bits per heavy atom. The lowest BCUT2D eigenvalue weighted by atomic mass is 10.3. The number of anilines is 1. The van der Waals surface area contributed by atoms with Crippen LogP contribution in [0.2, 0.25) is 5.02 Å². The average molecular weight is 310 g/mol. The molecule has 0 fully saturated rings. The van der Waals surface area contributed by atoms with Gasteiger partial charge in [-0.15, -0.1) is 5.10 Å². The van der Waals surface area contributed by atoms with Gasteiger partial charge < -0.3 is 10.1 Å². The number of carbonyl (C=O) groups excluding carboxylic acids is 2. The van der Waals surface area contributed by atoms with E-state index in [1.807, 2.05) is 0 Å². The fraction of sp³-hybridized carbons (Fsp3) is 0.250. The topological polar surface area (TPSA) is 99.0 Å². The van der Waals surface area contributed by atoms with E-state index in [-0.39, 0.29) is 19.0 Å². The summed E-state index contributed by atoms with van der Waals surface area (Å²) >= 11 is 5.82. The fourth-order valence-corrected chi connectivity index (χ4v) is 1.75. The van der Waals surface area contributed by atoms with E-state index in [1.54, 1.807) is 31.2 Å². The van der Waals surface area contributed by atoms with Gasteiger partial charge in [-0.3, -0.25) is 4.79 Å². The van der Waals surface area contributed by atoms with Crippen LogP contribution >= 0.6 is 11.6 Å². The summed E-state index contributed by atoms with van der Waals surface area (Å²) in [5, 5.41) is 13.6. The van der Waals surface area contributed by atoms with Gasteiger partial charge in [0.15, 0.2) is 0 Å². The molecule has 2 rings (SSSR count). The van der Waals surface area contributed by atoms with Crippen molar-refractivity contribution in [2.75, 3.05) is 11.9 Å². The maximum Gasteiger partial charge on any atom is 0.378 e. The molecule has 0 aliphatic heterocycles. The van der Waals surface area contributed by atoms with Crippen molar-refractivity contribution in [3.63, 3.8) is 0 Å². The first kappa shape index (κ1) is 14.9. The summed E-state index contributed by atoms with van der Waals surface area (Å²) < 4.78 is 5.86. The molecule has 1 N–H and O–H groups in total. The summed E-state index contributed by atoms with van der Waals surface area (Å²) in [4.78, 5) is 23.5. The Bertz CT molecular complexity index is 658. The lowest BCUT2D eigenvalue weighted by molar-refractivity contribution is -0.116. The van der Waals surface area contributed by atoms with E-state index in [4.69, 9.17) is 16.3 Å². The van der Waals surface area contributed by atoms with Crippen molar-refractivity contribution in [3.05, 3.63) is 35.1 Å². The summed E-state index contributed by atoms with van der Waals surface area (Å²) in [5.41, 5.74) is 0.540. The molecule has 0 aliphatic carbocycles. The van der Waals surface area contributed by atoms with Crippen LogP contribution in [0, 0.1) is 0 Å². The molecule has 1 amide bonds. The van der Waals surface area contributed by atoms with Gasteiger partial charge in [0.2, 0.25) is 5.91 Å². The Morgan fingerprint density at radius 2 is 2.24 bits per heavy atom. The molecule has 0 spiro atoms. The molecule has 1 aromatic heterocycles. The van der Waals surface area contributed by atoms with Gasteiger partial charge in [-0.2, -0.15) is 0 Å². The number of carbonyl (C=O) groups is 2. The zero-order chi connectivity index (χ0) is 15.2. The lowest BCUT2D eigenvalue weighted by Crippen LogP contribution is -2.23. The highest BCUT2D eigenvalue weighted by atomic mass is 35.5. The quantitative estimate of drug-likeness (QED) is 0.832. The van der Waals surface area contributed by atoms with E-state index >= 15 is 0 Å². The molecule has 9 heteroatoms. The second-order valence-corrected chi connectivity index (χ2v) is 4.38. The first-order valence-corrected chi connectivity index (χ1v) is 6.46. The molecule has 0 aliphatic rings. The van der Waals surface area contributed by atoms with Crippen LogP contribution in [-0.2, 0) is 16.1 Å². The van der Waals surface area contributed by atoms with Crippen molar-refractivity contribution >= 4 is 29.2 Å². The molecule has 0 atom stereocenters. The number of aromatic nitrogens is 4. The summed E-state index contributed by atoms with van der Waals surface area (Å²) in [6.07, 6.45) is 0. The van der Waals surface area contributed by atoms with Gasteiger partial charge in [-0.05, 0) is 35.5 Å². The number of rotatable bonds is 5. The van der Waals surface area contributed by atoms with E-state index in [0.717, 1.165) is 4.68 Å². The van der Waals surface area contributed by atoms with E-state index in [2.05, 4.69) is 20.8 Å². The van der Waals surface area contributed by atoms with Gasteiger partial charge in [0.05, 0.1) is 6.61 Å². The third-order valence-corrected chi connectivity index (χ3v) is 2.63. The average Bonchev–Trinajstić information content (AvgIpc) is 2.87. The molecule has 0 saturated heterocycles. The number of hydrogen-bond acceptors (Lipinski definition) is 6. The number of halogens is 1. The minimum absolute atomic E-state index is 0.127. The fourth-order valence-electron chi connectivity index (χ4n) is 1.56. The maximum atomic E-state index is 11.9. The van der Waals surface area contributed by atoms with Gasteiger partial charge in [0, 0.05) is 10.7 Å². The van der Waals surface area contributed by atoms with Crippen LogP contribution in [0.5, 0.6) is 0 Å². The largest absolute Gasteiger partial charge is 0.460 e. The maximum absolute atomic E-state index is 11.9. The summed E-state index contributed by atoms with van der Waals surface area (Å²) in [6, 6.07) is 6.69. The van der Waals surface area contributed by atoms with Crippen LogP contribution in [-0.4, -0.2) is 38.7 Å². The standard InChI is InChI=1S/C12H12ClN5O3/c1-2-21-12(20)11-15-16-17-18(11)7-10(19)14-9-5-3-4-8(13)6-9/h3-6H,2,7H2,1H3,(H,14,19). The molecule has 0 unspecified atom stereocenters. The van der Waals surface area contributed by atoms with E-state index in [0.29, 0.717) is 10.7 Å². The first-order chi connectivity index (χ1) is 10.1. The molecular formula is C12H12ClN5O3. The molecule has 1 heterocycles. The van der Waals surface area contributed by atoms with Crippen molar-refractivity contribution in [2.24, 2.45) is 0 Å². The molecular weight excluding hydrogens is 298 g/mol. The number of ether oxygens (including phenoxy) is 1. The number of esters is 1. The van der Waals surface area contributed by atoms with Gasteiger partial charge >= 0.3 is 5.97 Å². The third kappa shape index (κ3) is 3.99. The molecule has 1 aromatic carbocycles. The Kier molecular flexibility index (Phi) is 4.83. The van der Waals surface area contributed by atoms with Crippen LogP contribution < -0.4 is 5.32 Å². The molecule has 0 radical (unpaired) electrons. The minimum atomic E-state index is -0.682. The zero-order valence-electron chi connectivity index (χ0n) is 11.1. The second kappa shape index (κ2) is 6.80. The zero-order valence-corrected chi connectivity index (χ0v) is 11.9. The SMILES string of the molecule is CCOC(=O)c1nnnn1CC(=O)Nc1cccc(Cl)c1. The summed E-state index contributed by atoms with van der Waals surface area (Å²) in [5.74, 6) is -1.20. The predicted molar refractivity (Wildman–Crippen MR) is 73.9 cm³/mol. The smallest absolute Gasteiger partial charge is 0.378 e. The molecule has 2 aromatic rings. The highest BCUT2D eigenvalue weighted by molar-refractivity contribution is 6.30. The monoisotopic (exact) mass is 309 g/mol. The first-order valence-electron chi connectivity index (χ1n) is 6.09. The van der Waals surface area contributed by atoms with Gasteiger partial charge in [-0.1, -0.05) is 17.7 Å². The van der Waals surface area contributed by atoms with Crippen molar-refractivity contribution in [1.82, 2.24) is 20.2 Å². The Morgan fingerprint density at radius 1 is 1.43 bits per heavy atom. The molecule has 110 valence electrons. The molecule has 8 nitrogen and oxygen atoms in total. The highest BCUT2D eigenvalue weighted by Gasteiger charge is 2.18. The van der Waals surface area contributed by atoms with Gasteiger partial charge in [0.25, 0.3) is 5.82 Å². The Hall–Kier alpha value is -2.48. The molecule has 0 saturated carbocycles.